The molecule has 1 aliphatic carbocycles. The third-order valence-corrected chi connectivity index (χ3v) is 7.18. The largest absolute Gasteiger partial charge is 0.468 e. The SMILES string of the molecule is COC(=O)CNCCN(C(=O)OCC1c2ccccc2-c2ccccc21)c1cc(S(=O)(=O)O)ccc1C. The van der Waals surface area contributed by atoms with Crippen molar-refractivity contribution in [3.05, 3.63) is 83.4 Å². The fourth-order valence-electron chi connectivity index (χ4n) is 4.48. The van der Waals surface area contributed by atoms with Gasteiger partial charge in [0.1, 0.15) is 6.61 Å². The Labute approximate surface area is 215 Å². The van der Waals surface area contributed by atoms with Crippen molar-refractivity contribution >= 4 is 27.9 Å². The van der Waals surface area contributed by atoms with Crippen molar-refractivity contribution in [2.45, 2.75) is 17.7 Å². The van der Waals surface area contributed by atoms with E-state index >= 15 is 0 Å². The predicted octanol–water partition coefficient (Wildman–Crippen LogP) is 3.76. The van der Waals surface area contributed by atoms with Crippen LogP contribution in [0.4, 0.5) is 10.5 Å². The number of ether oxygens (including phenoxy) is 2. The zero-order valence-corrected chi connectivity index (χ0v) is 21.3. The lowest BCUT2D eigenvalue weighted by atomic mass is 9.98. The molecule has 194 valence electrons. The molecule has 0 atom stereocenters. The maximum Gasteiger partial charge on any atom is 0.414 e. The van der Waals surface area contributed by atoms with Gasteiger partial charge in [-0.2, -0.15) is 8.42 Å². The second kappa shape index (κ2) is 11.1. The van der Waals surface area contributed by atoms with Crippen molar-refractivity contribution in [2.75, 3.05) is 38.3 Å². The summed E-state index contributed by atoms with van der Waals surface area (Å²) in [5.74, 6) is -0.613. The summed E-state index contributed by atoms with van der Waals surface area (Å²) < 4.78 is 43.4. The van der Waals surface area contributed by atoms with E-state index in [1.165, 1.54) is 30.2 Å². The first kappa shape index (κ1) is 26.3. The van der Waals surface area contributed by atoms with E-state index in [2.05, 4.69) is 10.1 Å². The molecule has 0 unspecified atom stereocenters. The summed E-state index contributed by atoms with van der Waals surface area (Å²) in [6.07, 6.45) is -0.683. The van der Waals surface area contributed by atoms with Crippen LogP contribution in [0.1, 0.15) is 22.6 Å². The third kappa shape index (κ3) is 5.82. The number of carbonyl (C=O) groups is 2. The number of carbonyl (C=O) groups excluding carboxylic acids is 2. The number of fused-ring (bicyclic) bond motifs is 3. The number of nitrogens with zero attached hydrogens (tertiary/aromatic N) is 1. The monoisotopic (exact) mass is 524 g/mol. The highest BCUT2D eigenvalue weighted by atomic mass is 32.2. The number of amides is 1. The number of benzene rings is 3. The van der Waals surface area contributed by atoms with Crippen LogP contribution < -0.4 is 10.2 Å². The van der Waals surface area contributed by atoms with E-state index in [0.717, 1.165) is 22.3 Å². The highest BCUT2D eigenvalue weighted by Crippen LogP contribution is 2.44. The van der Waals surface area contributed by atoms with Gasteiger partial charge < -0.3 is 14.8 Å². The number of rotatable bonds is 9. The molecule has 0 fully saturated rings. The maximum atomic E-state index is 13.4. The molecule has 9 nitrogen and oxygen atoms in total. The molecule has 0 radical (unpaired) electrons. The van der Waals surface area contributed by atoms with Gasteiger partial charge in [-0.05, 0) is 46.9 Å². The number of aryl methyl sites for hydroxylation is 1. The van der Waals surface area contributed by atoms with Crippen molar-refractivity contribution in [3.8, 4) is 11.1 Å². The molecular formula is C27H28N2O7S. The van der Waals surface area contributed by atoms with Crippen molar-refractivity contribution in [2.24, 2.45) is 0 Å². The van der Waals surface area contributed by atoms with Gasteiger partial charge in [0.2, 0.25) is 0 Å². The Hall–Kier alpha value is -3.73. The van der Waals surface area contributed by atoms with Crippen LogP contribution >= 0.6 is 0 Å². The smallest absolute Gasteiger partial charge is 0.414 e. The van der Waals surface area contributed by atoms with Crippen molar-refractivity contribution in [1.29, 1.82) is 0 Å². The summed E-state index contributed by atoms with van der Waals surface area (Å²) in [6.45, 7) is 2.02. The molecule has 0 heterocycles. The Balaban J connectivity index is 1.58. The molecule has 0 saturated carbocycles. The molecule has 0 saturated heterocycles. The van der Waals surface area contributed by atoms with Crippen LogP contribution in [-0.4, -0.2) is 58.4 Å². The molecule has 0 bridgehead atoms. The molecule has 3 aromatic rings. The van der Waals surface area contributed by atoms with Crippen molar-refractivity contribution in [3.63, 3.8) is 0 Å². The topological polar surface area (TPSA) is 122 Å². The van der Waals surface area contributed by atoms with E-state index in [4.69, 9.17) is 4.74 Å². The van der Waals surface area contributed by atoms with E-state index in [9.17, 15) is 22.6 Å². The molecule has 0 aromatic heterocycles. The summed E-state index contributed by atoms with van der Waals surface area (Å²) >= 11 is 0. The zero-order valence-electron chi connectivity index (χ0n) is 20.5. The Kier molecular flexibility index (Phi) is 7.91. The van der Waals surface area contributed by atoms with E-state index < -0.39 is 22.2 Å². The van der Waals surface area contributed by atoms with Gasteiger partial charge in [-0.1, -0.05) is 54.6 Å². The maximum absolute atomic E-state index is 13.4. The average Bonchev–Trinajstić information content (AvgIpc) is 3.20. The Morgan fingerprint density at radius 2 is 1.62 bits per heavy atom. The number of esters is 1. The van der Waals surface area contributed by atoms with Gasteiger partial charge in [-0.3, -0.25) is 14.2 Å². The summed E-state index contributed by atoms with van der Waals surface area (Å²) in [4.78, 5) is 25.8. The van der Waals surface area contributed by atoms with Gasteiger partial charge in [0, 0.05) is 19.0 Å². The fourth-order valence-corrected chi connectivity index (χ4v) is 4.98. The molecule has 1 aliphatic rings. The minimum atomic E-state index is -4.49. The average molecular weight is 525 g/mol. The predicted molar refractivity (Wildman–Crippen MR) is 138 cm³/mol. The van der Waals surface area contributed by atoms with E-state index in [1.807, 2.05) is 48.5 Å². The lowest BCUT2D eigenvalue weighted by Gasteiger charge is -2.25. The van der Waals surface area contributed by atoms with Gasteiger partial charge >= 0.3 is 12.1 Å². The van der Waals surface area contributed by atoms with Crippen LogP contribution in [0.5, 0.6) is 0 Å². The van der Waals surface area contributed by atoms with Gasteiger partial charge in [0.25, 0.3) is 10.1 Å². The number of methoxy groups -OCH3 is 1. The molecule has 0 spiro atoms. The molecule has 3 aromatic carbocycles. The summed E-state index contributed by atoms with van der Waals surface area (Å²) in [5.41, 5.74) is 5.19. The van der Waals surface area contributed by atoms with E-state index in [0.29, 0.717) is 5.56 Å². The number of nitrogens with one attached hydrogen (secondary N) is 1. The Bertz CT molecular complexity index is 1380. The van der Waals surface area contributed by atoms with Gasteiger partial charge in [0.05, 0.1) is 24.2 Å². The van der Waals surface area contributed by atoms with Crippen molar-refractivity contribution in [1.82, 2.24) is 5.32 Å². The van der Waals surface area contributed by atoms with Crippen LogP contribution in [0.15, 0.2) is 71.6 Å². The van der Waals surface area contributed by atoms with Gasteiger partial charge in [0.15, 0.2) is 0 Å². The second-order valence-corrected chi connectivity index (χ2v) is 10.1. The minimum absolute atomic E-state index is 0.0565. The highest BCUT2D eigenvalue weighted by Gasteiger charge is 2.30. The quantitative estimate of drug-likeness (QED) is 0.247. The highest BCUT2D eigenvalue weighted by molar-refractivity contribution is 7.85. The molecule has 0 aliphatic heterocycles. The van der Waals surface area contributed by atoms with E-state index in [1.54, 1.807) is 6.92 Å². The second-order valence-electron chi connectivity index (χ2n) is 8.63. The third-order valence-electron chi connectivity index (χ3n) is 6.33. The fraction of sp³-hybridized carbons (Fsp3) is 0.259. The molecule has 1 amide bonds. The van der Waals surface area contributed by atoms with Crippen LogP contribution in [0.2, 0.25) is 0 Å². The first-order chi connectivity index (χ1) is 17.7. The Morgan fingerprint density at radius 3 is 2.22 bits per heavy atom. The van der Waals surface area contributed by atoms with E-state index in [-0.39, 0.29) is 42.7 Å². The van der Waals surface area contributed by atoms with Gasteiger partial charge in [-0.15, -0.1) is 0 Å². The molecule has 2 N–H and O–H groups in total. The molecule has 4 rings (SSSR count). The van der Waals surface area contributed by atoms with Gasteiger partial charge in [-0.25, -0.2) is 4.79 Å². The van der Waals surface area contributed by atoms with Crippen LogP contribution in [0.3, 0.4) is 0 Å². The standard InChI is InChI=1S/C27H28N2O7S/c1-18-11-12-19(37(32,33)34)15-25(18)29(14-13-28-16-26(30)35-2)27(31)36-17-24-22-9-5-3-7-20(22)21-8-4-6-10-23(21)24/h3-12,15,24,28H,13-14,16-17H2,1-2H3,(H,32,33,34). The number of hydrogen-bond donors (Lipinski definition) is 2. The summed E-state index contributed by atoms with van der Waals surface area (Å²) in [5, 5.41) is 2.89. The molecule has 37 heavy (non-hydrogen) atoms. The van der Waals surface area contributed by atoms with Crippen molar-refractivity contribution < 1.29 is 32.0 Å². The van der Waals surface area contributed by atoms with Crippen LogP contribution in [0, 0.1) is 6.92 Å². The normalized spacial score (nSPS) is 12.5. The minimum Gasteiger partial charge on any atom is -0.468 e. The first-order valence-electron chi connectivity index (χ1n) is 11.7. The summed E-state index contributed by atoms with van der Waals surface area (Å²) in [6, 6.07) is 19.9. The number of anilines is 1. The molecule has 10 heteroatoms. The Morgan fingerprint density at radius 1 is 1.00 bits per heavy atom. The summed E-state index contributed by atoms with van der Waals surface area (Å²) in [7, 11) is -3.21. The molecular weight excluding hydrogens is 496 g/mol. The lowest BCUT2D eigenvalue weighted by Crippen LogP contribution is -2.39. The van der Waals surface area contributed by atoms with Crippen LogP contribution in [-0.2, 0) is 24.4 Å². The number of hydrogen-bond acceptors (Lipinski definition) is 7. The lowest BCUT2D eigenvalue weighted by molar-refractivity contribution is -0.139. The zero-order chi connectivity index (χ0) is 26.6. The van der Waals surface area contributed by atoms with Crippen LogP contribution in [0.25, 0.3) is 11.1 Å². The first-order valence-corrected chi connectivity index (χ1v) is 13.1.